The molecule has 0 aliphatic heterocycles. The van der Waals surface area contributed by atoms with Crippen molar-refractivity contribution in [1.82, 2.24) is 9.34 Å². The van der Waals surface area contributed by atoms with Crippen LogP contribution in [0.4, 0.5) is 0 Å². The van der Waals surface area contributed by atoms with E-state index in [1.807, 2.05) is 12.2 Å². The second-order valence-electron chi connectivity index (χ2n) is 6.52. The number of hydrogen-bond donors (Lipinski definition) is 0. The molecule has 128 valence electrons. The minimum atomic E-state index is -0.834. The van der Waals surface area contributed by atoms with Gasteiger partial charge >= 0.3 is 0 Å². The zero-order valence-electron chi connectivity index (χ0n) is 15.6. The summed E-state index contributed by atoms with van der Waals surface area (Å²) in [5.41, 5.74) is 0. The van der Waals surface area contributed by atoms with E-state index in [9.17, 15) is 0 Å². The van der Waals surface area contributed by atoms with E-state index >= 15 is 0 Å². The number of nitrogens with zero attached hydrogens (tertiary/aromatic N) is 3. The quantitative estimate of drug-likeness (QED) is 0.421. The van der Waals surface area contributed by atoms with Crippen LogP contribution in [0.2, 0.25) is 0 Å². The van der Waals surface area contributed by atoms with Gasteiger partial charge in [-0.05, 0) is 55.4 Å². The average Bonchev–Trinajstić information content (AvgIpc) is 2.36. The highest BCUT2D eigenvalue weighted by atomic mass is 31.2. The molecular formula is C17H34N3OP. The van der Waals surface area contributed by atoms with Crippen LogP contribution in [0.5, 0.6) is 0 Å². The highest BCUT2D eigenvalue weighted by Gasteiger charge is 2.33. The van der Waals surface area contributed by atoms with Gasteiger partial charge in [-0.25, -0.2) is 9.34 Å². The van der Waals surface area contributed by atoms with Crippen LogP contribution < -0.4 is 0 Å². The van der Waals surface area contributed by atoms with Crippen molar-refractivity contribution in [2.75, 3.05) is 6.61 Å². The van der Waals surface area contributed by atoms with Gasteiger partial charge in [0.1, 0.15) is 0 Å². The molecule has 0 amide bonds. The first kappa shape index (κ1) is 21.5. The van der Waals surface area contributed by atoms with E-state index in [4.69, 9.17) is 9.79 Å². The van der Waals surface area contributed by atoms with Crippen molar-refractivity contribution in [3.8, 4) is 6.07 Å². The normalized spacial score (nSPS) is 13.0. The number of nitriles is 1. The Bertz CT molecular complexity index is 325. The second kappa shape index (κ2) is 11.1. The molecule has 4 nitrogen and oxygen atoms in total. The highest BCUT2D eigenvalue weighted by Crippen LogP contribution is 2.50. The fourth-order valence-electron chi connectivity index (χ4n) is 2.55. The van der Waals surface area contributed by atoms with Crippen LogP contribution in [0.3, 0.4) is 0 Å². The average molecular weight is 327 g/mol. The number of hydrogen-bond acceptors (Lipinski definition) is 4. The second-order valence-corrected chi connectivity index (χ2v) is 8.20. The third-order valence-electron chi connectivity index (χ3n) is 3.17. The molecule has 0 aromatic rings. The lowest BCUT2D eigenvalue weighted by Gasteiger charge is -2.45. The molecule has 0 aliphatic rings. The summed E-state index contributed by atoms with van der Waals surface area (Å²) in [7, 11) is -0.834. The molecule has 0 aromatic carbocycles. The third kappa shape index (κ3) is 7.20. The minimum absolute atomic E-state index is 0.425. The van der Waals surface area contributed by atoms with E-state index in [0.717, 1.165) is 0 Å². The summed E-state index contributed by atoms with van der Waals surface area (Å²) in [6.45, 7) is 18.4. The number of rotatable bonds is 10. The van der Waals surface area contributed by atoms with Crippen molar-refractivity contribution >= 4 is 8.45 Å². The summed E-state index contributed by atoms with van der Waals surface area (Å²) in [4.78, 5) is 0. The van der Waals surface area contributed by atoms with Crippen LogP contribution in [0.1, 0.15) is 61.8 Å². The summed E-state index contributed by atoms with van der Waals surface area (Å²) < 4.78 is 11.2. The molecule has 0 atom stereocenters. The van der Waals surface area contributed by atoms with Gasteiger partial charge in [-0.3, -0.25) is 0 Å². The Morgan fingerprint density at radius 3 is 1.59 bits per heavy atom. The van der Waals surface area contributed by atoms with Crippen LogP contribution >= 0.6 is 8.45 Å². The smallest absolute Gasteiger partial charge is 0.189 e. The molecule has 0 N–H and O–H groups in total. The van der Waals surface area contributed by atoms with Gasteiger partial charge in [0, 0.05) is 24.2 Å². The summed E-state index contributed by atoms with van der Waals surface area (Å²) in [6, 6.07) is 3.82. The van der Waals surface area contributed by atoms with Crippen LogP contribution in [-0.4, -0.2) is 40.1 Å². The van der Waals surface area contributed by atoms with Gasteiger partial charge in [0.25, 0.3) is 0 Å². The van der Waals surface area contributed by atoms with E-state index in [2.05, 4.69) is 70.8 Å². The fourth-order valence-corrected chi connectivity index (χ4v) is 4.85. The predicted octanol–water partition coefficient (Wildman–Crippen LogP) is 4.94. The van der Waals surface area contributed by atoms with Gasteiger partial charge in [-0.2, -0.15) is 5.26 Å². The molecule has 0 aromatic heterocycles. The first-order chi connectivity index (χ1) is 10.2. The molecule has 0 saturated heterocycles. The molecule has 5 heteroatoms. The van der Waals surface area contributed by atoms with E-state index in [1.165, 1.54) is 0 Å². The topological polar surface area (TPSA) is 39.5 Å². The molecule has 0 heterocycles. The van der Waals surface area contributed by atoms with Gasteiger partial charge in [0.2, 0.25) is 0 Å². The highest BCUT2D eigenvalue weighted by molar-refractivity contribution is 7.47. The van der Waals surface area contributed by atoms with Gasteiger partial charge in [-0.15, -0.1) is 0 Å². The molecule has 0 radical (unpaired) electrons. The standard InChI is InChI=1S/C17H34N3OP/c1-14(2)19(15(3)4)22(20(16(5)6)17(7)8)21-13-11-9-10-12-18/h9,11,14-17H,10,13H2,1-8H3/b11-9+. The van der Waals surface area contributed by atoms with E-state index in [-0.39, 0.29) is 0 Å². The van der Waals surface area contributed by atoms with Gasteiger partial charge in [-0.1, -0.05) is 12.2 Å². The molecule has 0 unspecified atom stereocenters. The molecule has 0 aliphatic carbocycles. The van der Waals surface area contributed by atoms with Crippen LogP contribution in [0.25, 0.3) is 0 Å². The Kier molecular flexibility index (Phi) is 10.9. The zero-order valence-corrected chi connectivity index (χ0v) is 16.5. The lowest BCUT2D eigenvalue weighted by Crippen LogP contribution is -2.43. The maximum atomic E-state index is 8.59. The van der Waals surface area contributed by atoms with Gasteiger partial charge in [0.15, 0.2) is 8.45 Å². The maximum Gasteiger partial charge on any atom is 0.189 e. The van der Waals surface area contributed by atoms with Crippen molar-refractivity contribution in [2.45, 2.75) is 86.0 Å². The van der Waals surface area contributed by atoms with Crippen LogP contribution in [-0.2, 0) is 4.52 Å². The molecule has 0 saturated carbocycles. The minimum Gasteiger partial charge on any atom is -0.327 e. The molecule has 0 fully saturated rings. The SMILES string of the molecule is CC(C)N(C(C)C)P(OC/C=C/CC#N)N(C(C)C)C(C)C. The van der Waals surface area contributed by atoms with Crippen molar-refractivity contribution in [2.24, 2.45) is 0 Å². The Morgan fingerprint density at radius 1 is 0.864 bits per heavy atom. The van der Waals surface area contributed by atoms with Crippen LogP contribution in [0, 0.1) is 11.3 Å². The Balaban J connectivity index is 5.23. The van der Waals surface area contributed by atoms with Crippen molar-refractivity contribution in [3.63, 3.8) is 0 Å². The van der Waals surface area contributed by atoms with Crippen LogP contribution in [0.15, 0.2) is 12.2 Å². The van der Waals surface area contributed by atoms with E-state index in [1.54, 1.807) is 0 Å². The first-order valence-electron chi connectivity index (χ1n) is 8.25. The maximum absolute atomic E-state index is 8.59. The van der Waals surface area contributed by atoms with Crippen molar-refractivity contribution < 1.29 is 4.52 Å². The molecule has 22 heavy (non-hydrogen) atoms. The van der Waals surface area contributed by atoms with E-state index < -0.39 is 8.45 Å². The van der Waals surface area contributed by atoms with E-state index in [0.29, 0.717) is 37.2 Å². The molecule has 0 bridgehead atoms. The fraction of sp³-hybridized carbons (Fsp3) is 0.824. The first-order valence-corrected chi connectivity index (χ1v) is 9.41. The summed E-state index contributed by atoms with van der Waals surface area (Å²) in [5.74, 6) is 0. The zero-order chi connectivity index (χ0) is 17.3. The lowest BCUT2D eigenvalue weighted by atomic mass is 10.3. The predicted molar refractivity (Wildman–Crippen MR) is 96.5 cm³/mol. The monoisotopic (exact) mass is 327 g/mol. The van der Waals surface area contributed by atoms with Crippen molar-refractivity contribution in [3.05, 3.63) is 12.2 Å². The van der Waals surface area contributed by atoms with Crippen molar-refractivity contribution in [1.29, 1.82) is 5.26 Å². The Labute approximate surface area is 139 Å². The molecule has 0 rings (SSSR count). The largest absolute Gasteiger partial charge is 0.327 e. The molecule has 0 spiro atoms. The number of allylic oxidation sites excluding steroid dienone is 1. The summed E-state index contributed by atoms with van der Waals surface area (Å²) >= 11 is 0. The third-order valence-corrected chi connectivity index (χ3v) is 6.19. The summed E-state index contributed by atoms with van der Waals surface area (Å²) in [6.07, 6.45) is 4.27. The molecular weight excluding hydrogens is 293 g/mol. The van der Waals surface area contributed by atoms with Gasteiger partial charge in [0.05, 0.1) is 19.1 Å². The van der Waals surface area contributed by atoms with Gasteiger partial charge < -0.3 is 4.52 Å². The Hall–Kier alpha value is -0.460. The Morgan fingerprint density at radius 2 is 1.27 bits per heavy atom. The lowest BCUT2D eigenvalue weighted by molar-refractivity contribution is 0.196. The summed E-state index contributed by atoms with van der Waals surface area (Å²) in [5, 5.41) is 8.59.